The second-order valence-corrected chi connectivity index (χ2v) is 3.80. The van der Waals surface area contributed by atoms with E-state index in [1.54, 1.807) is 0 Å². The second-order valence-electron chi connectivity index (χ2n) is 3.80. The quantitative estimate of drug-likeness (QED) is 0.620. The third-order valence-corrected chi connectivity index (χ3v) is 2.60. The standard InChI is InChI=1S/C10H18N2O2/c1-7(2)12-6-9(10(13)14-5)8(3)11(12)4/h6-8H,1-5H3. The summed E-state index contributed by atoms with van der Waals surface area (Å²) in [6.45, 7) is 6.16. The maximum atomic E-state index is 11.4. The van der Waals surface area contributed by atoms with E-state index in [1.165, 1.54) is 7.11 Å². The highest BCUT2D eigenvalue weighted by Crippen LogP contribution is 2.23. The fourth-order valence-corrected chi connectivity index (χ4v) is 1.60. The van der Waals surface area contributed by atoms with Crippen LogP contribution in [-0.4, -0.2) is 42.2 Å². The maximum Gasteiger partial charge on any atom is 0.336 e. The van der Waals surface area contributed by atoms with Gasteiger partial charge < -0.3 is 9.75 Å². The van der Waals surface area contributed by atoms with Crippen LogP contribution >= 0.6 is 0 Å². The van der Waals surface area contributed by atoms with Crippen molar-refractivity contribution in [2.75, 3.05) is 14.2 Å². The number of likely N-dealkylation sites (N-methyl/N-ethyl adjacent to an activating group) is 1. The van der Waals surface area contributed by atoms with Crippen LogP contribution in [0.2, 0.25) is 0 Å². The van der Waals surface area contributed by atoms with Crippen molar-refractivity contribution in [2.45, 2.75) is 32.9 Å². The Bertz CT molecular complexity index is 261. The van der Waals surface area contributed by atoms with Crippen LogP contribution in [0, 0.1) is 0 Å². The normalized spacial score (nSPS) is 22.9. The molecule has 1 aliphatic heterocycles. The van der Waals surface area contributed by atoms with Gasteiger partial charge in [0.1, 0.15) is 0 Å². The van der Waals surface area contributed by atoms with Crippen molar-refractivity contribution in [3.8, 4) is 0 Å². The molecule has 0 bridgehead atoms. The van der Waals surface area contributed by atoms with Gasteiger partial charge >= 0.3 is 5.97 Å². The molecule has 0 aromatic heterocycles. The molecule has 1 rings (SSSR count). The van der Waals surface area contributed by atoms with Crippen molar-refractivity contribution >= 4 is 5.97 Å². The Balaban J connectivity index is 2.87. The summed E-state index contributed by atoms with van der Waals surface area (Å²) in [5.41, 5.74) is 0.712. The van der Waals surface area contributed by atoms with Crippen molar-refractivity contribution in [3.05, 3.63) is 11.8 Å². The number of esters is 1. The molecule has 14 heavy (non-hydrogen) atoms. The molecular weight excluding hydrogens is 180 g/mol. The van der Waals surface area contributed by atoms with Crippen molar-refractivity contribution in [3.63, 3.8) is 0 Å². The first-order valence-electron chi connectivity index (χ1n) is 4.80. The Morgan fingerprint density at radius 3 is 2.50 bits per heavy atom. The average Bonchev–Trinajstić information content (AvgIpc) is 2.43. The van der Waals surface area contributed by atoms with Crippen molar-refractivity contribution in [1.29, 1.82) is 0 Å². The average molecular weight is 198 g/mol. The van der Waals surface area contributed by atoms with Gasteiger partial charge in [0.05, 0.1) is 18.7 Å². The number of ether oxygens (including phenoxy) is 1. The van der Waals surface area contributed by atoms with Gasteiger partial charge in [-0.25, -0.2) is 9.80 Å². The zero-order valence-electron chi connectivity index (χ0n) is 9.44. The van der Waals surface area contributed by atoms with Gasteiger partial charge in [-0.1, -0.05) is 0 Å². The lowest BCUT2D eigenvalue weighted by Gasteiger charge is -2.31. The summed E-state index contributed by atoms with van der Waals surface area (Å²) in [6.07, 6.45) is 1.86. The van der Waals surface area contributed by atoms with Gasteiger partial charge in [0.2, 0.25) is 0 Å². The molecule has 0 radical (unpaired) electrons. The minimum atomic E-state index is -0.243. The van der Waals surface area contributed by atoms with Crippen molar-refractivity contribution < 1.29 is 9.53 Å². The summed E-state index contributed by atoms with van der Waals surface area (Å²) in [6, 6.07) is 0.439. The Morgan fingerprint density at radius 2 is 2.14 bits per heavy atom. The van der Waals surface area contributed by atoms with E-state index < -0.39 is 0 Å². The number of carbonyl (C=O) groups excluding carboxylic acids is 1. The summed E-state index contributed by atoms with van der Waals surface area (Å²) in [5.74, 6) is -0.243. The topological polar surface area (TPSA) is 32.8 Å². The zero-order chi connectivity index (χ0) is 10.9. The van der Waals surface area contributed by atoms with E-state index in [2.05, 4.69) is 13.8 Å². The van der Waals surface area contributed by atoms with Crippen LogP contribution in [-0.2, 0) is 9.53 Å². The van der Waals surface area contributed by atoms with Crippen molar-refractivity contribution in [2.24, 2.45) is 0 Å². The number of hydrazine groups is 1. The van der Waals surface area contributed by atoms with Crippen LogP contribution < -0.4 is 0 Å². The van der Waals surface area contributed by atoms with E-state index in [9.17, 15) is 4.79 Å². The highest BCUT2D eigenvalue weighted by Gasteiger charge is 2.32. The summed E-state index contributed by atoms with van der Waals surface area (Å²) in [5, 5.41) is 4.08. The van der Waals surface area contributed by atoms with Gasteiger partial charge in [0, 0.05) is 19.3 Å². The lowest BCUT2D eigenvalue weighted by Crippen LogP contribution is -2.41. The lowest BCUT2D eigenvalue weighted by molar-refractivity contribution is -0.136. The Kier molecular flexibility index (Phi) is 3.16. The van der Waals surface area contributed by atoms with Gasteiger partial charge in [-0.15, -0.1) is 0 Å². The number of nitrogens with zero attached hydrogens (tertiary/aromatic N) is 2. The van der Waals surface area contributed by atoms with Crippen LogP contribution in [0.5, 0.6) is 0 Å². The van der Waals surface area contributed by atoms with Gasteiger partial charge in [0.15, 0.2) is 0 Å². The molecule has 0 aliphatic carbocycles. The van der Waals surface area contributed by atoms with Gasteiger partial charge in [-0.3, -0.25) is 0 Å². The molecule has 0 saturated heterocycles. The highest BCUT2D eigenvalue weighted by molar-refractivity contribution is 5.89. The summed E-state index contributed by atoms with van der Waals surface area (Å²) >= 11 is 0. The molecular formula is C10H18N2O2. The summed E-state index contributed by atoms with van der Waals surface area (Å²) < 4.78 is 4.72. The molecule has 0 amide bonds. The fraction of sp³-hybridized carbons (Fsp3) is 0.700. The predicted molar refractivity (Wildman–Crippen MR) is 54.3 cm³/mol. The van der Waals surface area contributed by atoms with E-state index in [1.807, 2.05) is 30.2 Å². The largest absolute Gasteiger partial charge is 0.466 e. The van der Waals surface area contributed by atoms with Gasteiger partial charge in [-0.2, -0.15) is 0 Å². The second kappa shape index (κ2) is 4.00. The van der Waals surface area contributed by atoms with Crippen LogP contribution in [0.1, 0.15) is 20.8 Å². The molecule has 0 aromatic carbocycles. The molecule has 0 aromatic rings. The molecule has 1 unspecified atom stereocenters. The number of hydrogen-bond acceptors (Lipinski definition) is 4. The van der Waals surface area contributed by atoms with E-state index in [-0.39, 0.29) is 12.0 Å². The number of carbonyl (C=O) groups is 1. The predicted octanol–water partition coefficient (Wildman–Crippen LogP) is 1.00. The van der Waals surface area contributed by atoms with Gasteiger partial charge in [0.25, 0.3) is 0 Å². The number of rotatable bonds is 2. The van der Waals surface area contributed by atoms with E-state index in [0.29, 0.717) is 11.6 Å². The highest BCUT2D eigenvalue weighted by atomic mass is 16.5. The number of methoxy groups -OCH3 is 1. The van der Waals surface area contributed by atoms with E-state index in [4.69, 9.17) is 4.74 Å². The Morgan fingerprint density at radius 1 is 1.57 bits per heavy atom. The molecule has 0 spiro atoms. The molecule has 1 aliphatic rings. The van der Waals surface area contributed by atoms with Crippen LogP contribution in [0.25, 0.3) is 0 Å². The third-order valence-electron chi connectivity index (χ3n) is 2.60. The third kappa shape index (κ3) is 1.75. The fourth-order valence-electron chi connectivity index (χ4n) is 1.60. The Labute approximate surface area is 85.1 Å². The maximum absolute atomic E-state index is 11.4. The zero-order valence-corrected chi connectivity index (χ0v) is 9.44. The molecule has 4 nitrogen and oxygen atoms in total. The first-order chi connectivity index (χ1) is 6.49. The summed E-state index contributed by atoms with van der Waals surface area (Å²) in [4.78, 5) is 11.4. The van der Waals surface area contributed by atoms with Crippen LogP contribution in [0.15, 0.2) is 11.8 Å². The first-order valence-corrected chi connectivity index (χ1v) is 4.80. The minimum Gasteiger partial charge on any atom is -0.466 e. The molecule has 0 fully saturated rings. The molecule has 0 saturated carbocycles. The van der Waals surface area contributed by atoms with E-state index in [0.717, 1.165) is 0 Å². The Hall–Kier alpha value is -1.03. The minimum absolute atomic E-state index is 0.0878. The van der Waals surface area contributed by atoms with Crippen LogP contribution in [0.3, 0.4) is 0 Å². The molecule has 80 valence electrons. The monoisotopic (exact) mass is 198 g/mol. The summed E-state index contributed by atoms with van der Waals surface area (Å²) in [7, 11) is 3.38. The van der Waals surface area contributed by atoms with E-state index >= 15 is 0 Å². The first kappa shape index (κ1) is 11.0. The molecule has 1 heterocycles. The number of hydrogen-bond donors (Lipinski definition) is 0. The van der Waals surface area contributed by atoms with Crippen molar-refractivity contribution in [1.82, 2.24) is 10.0 Å². The SMILES string of the molecule is COC(=O)C1=CN(C(C)C)N(C)C1C. The van der Waals surface area contributed by atoms with Crippen LogP contribution in [0.4, 0.5) is 0 Å². The molecule has 0 N–H and O–H groups in total. The lowest BCUT2D eigenvalue weighted by atomic mass is 10.1. The molecule has 1 atom stereocenters. The smallest absolute Gasteiger partial charge is 0.336 e. The van der Waals surface area contributed by atoms with Gasteiger partial charge in [-0.05, 0) is 20.8 Å². The molecule has 4 heteroatoms.